The Bertz CT molecular complexity index is 778. The molecule has 2 aromatic carbocycles. The van der Waals surface area contributed by atoms with E-state index in [0.717, 1.165) is 0 Å². The monoisotopic (exact) mass is 390 g/mol. The third kappa shape index (κ3) is 5.36. The van der Waals surface area contributed by atoms with Crippen molar-refractivity contribution in [3.8, 4) is 11.5 Å². The molecule has 0 amide bonds. The van der Waals surface area contributed by atoms with E-state index >= 15 is 0 Å². The normalized spacial score (nSPS) is 11.7. The van der Waals surface area contributed by atoms with E-state index in [-0.39, 0.29) is 23.8 Å². The highest BCUT2D eigenvalue weighted by Gasteiger charge is 2.24. The Morgan fingerprint density at radius 1 is 1.12 bits per heavy atom. The van der Waals surface area contributed by atoms with Crippen molar-refractivity contribution in [2.75, 3.05) is 6.54 Å². The van der Waals surface area contributed by atoms with Crippen LogP contribution in [0.1, 0.15) is 13.8 Å². The molecule has 2 rings (SSSR count). The number of sulfonamides is 1. The van der Waals surface area contributed by atoms with E-state index in [1.807, 2.05) is 0 Å². The smallest absolute Gasteiger partial charge is 0.241 e. The minimum Gasteiger partial charge on any atom is -0.456 e. The molecule has 0 saturated heterocycles. The van der Waals surface area contributed by atoms with Crippen molar-refractivity contribution in [3.63, 3.8) is 0 Å². The van der Waals surface area contributed by atoms with Gasteiger partial charge in [-0.1, -0.05) is 23.7 Å². The van der Waals surface area contributed by atoms with Crippen molar-refractivity contribution in [3.05, 3.63) is 53.6 Å². The van der Waals surface area contributed by atoms with Gasteiger partial charge in [0.2, 0.25) is 10.0 Å². The number of rotatable bonds is 6. The molecular weight excluding hydrogens is 371 g/mol. The van der Waals surface area contributed by atoms with Crippen LogP contribution in [0.3, 0.4) is 0 Å². The average molecular weight is 391 g/mol. The lowest BCUT2D eigenvalue weighted by atomic mass is 10.1. The Kier molecular flexibility index (Phi) is 7.07. The van der Waals surface area contributed by atoms with Crippen molar-refractivity contribution in [1.29, 1.82) is 0 Å². The summed E-state index contributed by atoms with van der Waals surface area (Å²) in [5.41, 5.74) is 4.84. The first-order chi connectivity index (χ1) is 10.7. The highest BCUT2D eigenvalue weighted by molar-refractivity contribution is 7.89. The predicted octanol–water partition coefficient (Wildman–Crippen LogP) is 3.57. The Hall–Kier alpha value is -1.31. The van der Waals surface area contributed by atoms with E-state index < -0.39 is 15.6 Å². The molecule has 0 aliphatic carbocycles. The van der Waals surface area contributed by atoms with Gasteiger partial charge in [-0.3, -0.25) is 0 Å². The quantitative estimate of drug-likeness (QED) is 0.789. The molecule has 0 fully saturated rings. The largest absolute Gasteiger partial charge is 0.456 e. The molecule has 24 heavy (non-hydrogen) atoms. The van der Waals surface area contributed by atoms with Crippen LogP contribution in [0.5, 0.6) is 11.5 Å². The van der Waals surface area contributed by atoms with E-state index in [9.17, 15) is 8.42 Å². The second-order valence-electron chi connectivity index (χ2n) is 5.70. The lowest BCUT2D eigenvalue weighted by Crippen LogP contribution is -2.48. The Morgan fingerprint density at radius 3 is 2.25 bits per heavy atom. The van der Waals surface area contributed by atoms with Gasteiger partial charge in [-0.25, -0.2) is 13.1 Å². The molecule has 5 nitrogen and oxygen atoms in total. The van der Waals surface area contributed by atoms with Crippen molar-refractivity contribution in [2.45, 2.75) is 24.3 Å². The van der Waals surface area contributed by atoms with E-state index in [0.29, 0.717) is 16.5 Å². The molecule has 132 valence electrons. The highest BCUT2D eigenvalue weighted by atomic mass is 35.5. The van der Waals surface area contributed by atoms with Crippen LogP contribution in [0.25, 0.3) is 0 Å². The average Bonchev–Trinajstić information content (AvgIpc) is 2.49. The molecular formula is C16H20Cl2N2O3S. The van der Waals surface area contributed by atoms with Gasteiger partial charge in [0.25, 0.3) is 0 Å². The molecule has 3 N–H and O–H groups in total. The number of benzene rings is 2. The fourth-order valence-corrected chi connectivity index (χ4v) is 3.40. The molecule has 0 atom stereocenters. The number of ether oxygens (including phenoxy) is 1. The van der Waals surface area contributed by atoms with Crippen LogP contribution in [0.4, 0.5) is 0 Å². The second kappa shape index (κ2) is 8.18. The third-order valence-electron chi connectivity index (χ3n) is 3.12. The molecule has 0 unspecified atom stereocenters. The summed E-state index contributed by atoms with van der Waals surface area (Å²) in [6.07, 6.45) is 0. The number of nitrogens with two attached hydrogens (primary N) is 1. The van der Waals surface area contributed by atoms with Crippen LogP contribution < -0.4 is 15.2 Å². The summed E-state index contributed by atoms with van der Waals surface area (Å²) in [6.45, 7) is 3.64. The van der Waals surface area contributed by atoms with Crippen LogP contribution in [-0.4, -0.2) is 20.5 Å². The summed E-state index contributed by atoms with van der Waals surface area (Å²) in [6, 6.07) is 13.2. The highest BCUT2D eigenvalue weighted by Crippen LogP contribution is 2.29. The standard InChI is InChI=1S/C16H19ClN2O3S.ClH/c1-16(2,11-18)19-23(20,21)13-9-7-12(8-10-13)22-15-6-4-3-5-14(15)17;/h3-10,19H,11,18H2,1-2H3;1H. The zero-order chi connectivity index (χ0) is 17.1. The van der Waals surface area contributed by atoms with Crippen molar-refractivity contribution >= 4 is 34.0 Å². The third-order valence-corrected chi connectivity index (χ3v) is 5.15. The molecule has 0 heterocycles. The van der Waals surface area contributed by atoms with Gasteiger partial charge >= 0.3 is 0 Å². The molecule has 2 aromatic rings. The summed E-state index contributed by atoms with van der Waals surface area (Å²) in [4.78, 5) is 0.144. The van der Waals surface area contributed by atoms with E-state index in [2.05, 4.69) is 4.72 Å². The van der Waals surface area contributed by atoms with Gasteiger partial charge < -0.3 is 10.5 Å². The fraction of sp³-hybridized carbons (Fsp3) is 0.250. The van der Waals surface area contributed by atoms with E-state index in [4.69, 9.17) is 22.1 Å². The Labute approximate surface area is 153 Å². The summed E-state index contributed by atoms with van der Waals surface area (Å²) in [7, 11) is -3.64. The van der Waals surface area contributed by atoms with Crippen LogP contribution in [-0.2, 0) is 10.0 Å². The molecule has 0 saturated carbocycles. The number of halogens is 2. The summed E-state index contributed by atoms with van der Waals surface area (Å²) < 4.78 is 32.8. The van der Waals surface area contributed by atoms with Gasteiger partial charge in [0.05, 0.1) is 9.92 Å². The number of hydrogen-bond acceptors (Lipinski definition) is 4. The first-order valence-corrected chi connectivity index (χ1v) is 8.86. The van der Waals surface area contributed by atoms with E-state index in [1.165, 1.54) is 12.1 Å². The van der Waals surface area contributed by atoms with Gasteiger partial charge in [0.1, 0.15) is 11.5 Å². The maximum atomic E-state index is 12.3. The van der Waals surface area contributed by atoms with Gasteiger partial charge in [-0.05, 0) is 50.2 Å². The maximum absolute atomic E-state index is 12.3. The lowest BCUT2D eigenvalue weighted by molar-refractivity contribution is 0.462. The van der Waals surface area contributed by atoms with Gasteiger partial charge in [-0.2, -0.15) is 0 Å². The van der Waals surface area contributed by atoms with Crippen molar-refractivity contribution < 1.29 is 13.2 Å². The SMILES string of the molecule is CC(C)(CN)NS(=O)(=O)c1ccc(Oc2ccccc2Cl)cc1.Cl. The van der Waals surface area contributed by atoms with Crippen molar-refractivity contribution in [1.82, 2.24) is 4.72 Å². The van der Waals surface area contributed by atoms with Crippen LogP contribution >= 0.6 is 24.0 Å². The van der Waals surface area contributed by atoms with Crippen LogP contribution in [0.2, 0.25) is 5.02 Å². The molecule has 8 heteroatoms. The fourth-order valence-electron chi connectivity index (χ4n) is 1.81. The first kappa shape index (κ1) is 20.7. The van der Waals surface area contributed by atoms with Crippen LogP contribution in [0.15, 0.2) is 53.4 Å². The maximum Gasteiger partial charge on any atom is 0.241 e. The minimum absolute atomic E-state index is 0. The summed E-state index contributed by atoms with van der Waals surface area (Å²) in [5, 5.41) is 0.482. The van der Waals surface area contributed by atoms with E-state index in [1.54, 1.807) is 50.2 Å². The first-order valence-electron chi connectivity index (χ1n) is 7.00. The number of nitrogens with one attached hydrogen (secondary N) is 1. The predicted molar refractivity (Wildman–Crippen MR) is 98.7 cm³/mol. The zero-order valence-corrected chi connectivity index (χ0v) is 15.7. The van der Waals surface area contributed by atoms with Gasteiger partial charge in [-0.15, -0.1) is 12.4 Å². The number of para-hydroxylation sites is 1. The molecule has 0 aliphatic heterocycles. The number of hydrogen-bond donors (Lipinski definition) is 2. The molecule has 0 bridgehead atoms. The second-order valence-corrected chi connectivity index (χ2v) is 7.79. The topological polar surface area (TPSA) is 81.4 Å². The Balaban J connectivity index is 0.00000288. The van der Waals surface area contributed by atoms with Gasteiger partial charge in [0, 0.05) is 12.1 Å². The molecule has 0 aliphatic rings. The molecule has 0 spiro atoms. The lowest BCUT2D eigenvalue weighted by Gasteiger charge is -2.23. The van der Waals surface area contributed by atoms with Crippen LogP contribution in [0, 0.1) is 0 Å². The zero-order valence-electron chi connectivity index (χ0n) is 13.3. The minimum atomic E-state index is -3.64. The molecule has 0 aromatic heterocycles. The summed E-state index contributed by atoms with van der Waals surface area (Å²) >= 11 is 6.02. The van der Waals surface area contributed by atoms with Crippen molar-refractivity contribution in [2.24, 2.45) is 5.73 Å². The Morgan fingerprint density at radius 2 is 1.71 bits per heavy atom. The summed E-state index contributed by atoms with van der Waals surface area (Å²) in [5.74, 6) is 1.00. The molecule has 0 radical (unpaired) electrons. The van der Waals surface area contributed by atoms with Gasteiger partial charge in [0.15, 0.2) is 0 Å².